The van der Waals surface area contributed by atoms with Crippen molar-refractivity contribution in [3.63, 3.8) is 0 Å². The third-order valence-electron chi connectivity index (χ3n) is 8.71. The lowest BCUT2D eigenvalue weighted by Crippen LogP contribution is -2.47. The number of guanidine groups is 1. The Bertz CT molecular complexity index is 848. The van der Waals surface area contributed by atoms with Crippen LogP contribution in [0.25, 0.3) is 0 Å². The predicted octanol–water partition coefficient (Wildman–Crippen LogP) is 10.1. The smallest absolute Gasteiger partial charge is 0.242 e. The van der Waals surface area contributed by atoms with Gasteiger partial charge in [-0.15, -0.1) is 0 Å². The average molecular weight is 672 g/mol. The molecule has 1 atom stereocenters. The molecule has 0 aromatic rings. The third-order valence-corrected chi connectivity index (χ3v) is 8.71. The summed E-state index contributed by atoms with van der Waals surface area (Å²) in [7, 11) is 0. The second kappa shape index (κ2) is 37.3. The van der Waals surface area contributed by atoms with Crippen LogP contribution in [0.1, 0.15) is 187 Å². The molecule has 0 aliphatic heterocycles. The topological polar surface area (TPSA) is 123 Å². The summed E-state index contributed by atoms with van der Waals surface area (Å²) >= 11 is 0. The average Bonchev–Trinajstić information content (AvgIpc) is 3.07. The molecular weight excluding hydrogens is 594 g/mol. The van der Waals surface area contributed by atoms with Gasteiger partial charge in [-0.05, 0) is 77.0 Å². The molecule has 7 heteroatoms. The molecule has 0 saturated carbocycles. The zero-order valence-corrected chi connectivity index (χ0v) is 31.5. The van der Waals surface area contributed by atoms with E-state index in [4.69, 9.17) is 11.5 Å². The highest BCUT2D eigenvalue weighted by molar-refractivity contribution is 5.87. The molecule has 1 unspecified atom stereocenters. The zero-order valence-electron chi connectivity index (χ0n) is 31.5. The number of carbonyl (C=O) groups excluding carboxylic acids is 2. The van der Waals surface area contributed by atoms with Crippen molar-refractivity contribution in [3.05, 3.63) is 36.5 Å². The number of carbonyl (C=O) groups is 2. The molecule has 0 fully saturated rings. The molecule has 0 aliphatic carbocycles. The van der Waals surface area contributed by atoms with E-state index in [1.165, 1.54) is 116 Å². The van der Waals surface area contributed by atoms with Crippen LogP contribution in [0.15, 0.2) is 41.4 Å². The number of hydrogen-bond donors (Lipinski definition) is 4. The molecule has 0 radical (unpaired) electrons. The summed E-state index contributed by atoms with van der Waals surface area (Å²) in [6.45, 7) is 5.43. The molecule has 6 N–H and O–H groups in total. The number of nitrogens with two attached hydrogens (primary N) is 2. The maximum absolute atomic E-state index is 12.9. The Balaban J connectivity index is 4.00. The quantitative estimate of drug-likeness (QED) is 0.0232. The van der Waals surface area contributed by atoms with E-state index < -0.39 is 6.04 Å². The van der Waals surface area contributed by atoms with Gasteiger partial charge in [0, 0.05) is 19.5 Å². The SMILES string of the molecule is CCCCC/C=C\C/C=C\CCCCCCCC(=O)NC(CCN=C(N)N)C(=O)NCCCCCCC/C=C\CCCCCCCCC. The Morgan fingerprint density at radius 3 is 1.56 bits per heavy atom. The molecule has 0 rings (SSSR count). The number of nitrogens with zero attached hydrogens (tertiary/aromatic N) is 1. The lowest BCUT2D eigenvalue weighted by Gasteiger charge is -2.18. The number of nitrogens with one attached hydrogen (secondary N) is 2. The highest BCUT2D eigenvalue weighted by atomic mass is 16.2. The predicted molar refractivity (Wildman–Crippen MR) is 209 cm³/mol. The minimum Gasteiger partial charge on any atom is -0.370 e. The molecule has 2 amide bonds. The molecule has 0 saturated heterocycles. The largest absolute Gasteiger partial charge is 0.370 e. The van der Waals surface area contributed by atoms with Gasteiger partial charge in [0.25, 0.3) is 0 Å². The maximum atomic E-state index is 12.9. The number of unbranched alkanes of at least 4 members (excludes halogenated alkanes) is 20. The van der Waals surface area contributed by atoms with Gasteiger partial charge in [0.05, 0.1) is 0 Å². The standard InChI is InChI=1S/C41H77N5O2/c1-3-5-7-9-11-13-15-17-19-21-23-25-27-29-31-33-36-44-40(48)38(35-37-45-41(42)43)46-39(47)34-32-30-28-26-24-22-20-18-16-14-12-10-8-6-4-2/h12,14,18-21,38H,3-11,13,15-17,22-37H2,1-2H3,(H,44,48)(H,46,47)(H4,42,43,45)/b14-12-,20-18-,21-19-. The fourth-order valence-corrected chi connectivity index (χ4v) is 5.66. The second-order valence-corrected chi connectivity index (χ2v) is 13.4. The fraction of sp³-hybridized carbons (Fsp3) is 0.780. The lowest BCUT2D eigenvalue weighted by atomic mass is 10.1. The first-order valence-corrected chi connectivity index (χ1v) is 20.1. The Kier molecular flexibility index (Phi) is 35.3. The van der Waals surface area contributed by atoms with E-state index in [2.05, 4.69) is 65.9 Å². The van der Waals surface area contributed by atoms with Crippen LogP contribution in [0.3, 0.4) is 0 Å². The van der Waals surface area contributed by atoms with Crippen molar-refractivity contribution in [1.82, 2.24) is 10.6 Å². The molecule has 0 aromatic heterocycles. The van der Waals surface area contributed by atoms with E-state index >= 15 is 0 Å². The molecule has 278 valence electrons. The van der Waals surface area contributed by atoms with Gasteiger partial charge >= 0.3 is 0 Å². The molecular formula is C41H77N5O2. The van der Waals surface area contributed by atoms with Crippen molar-refractivity contribution in [3.8, 4) is 0 Å². The summed E-state index contributed by atoms with van der Waals surface area (Å²) in [5, 5.41) is 5.94. The summed E-state index contributed by atoms with van der Waals surface area (Å²) in [5.74, 6) is -0.239. The molecule has 0 bridgehead atoms. The Hall–Kier alpha value is -2.57. The van der Waals surface area contributed by atoms with Crippen molar-refractivity contribution in [2.45, 2.75) is 193 Å². The van der Waals surface area contributed by atoms with Gasteiger partial charge in [-0.1, -0.05) is 140 Å². The van der Waals surface area contributed by atoms with Gasteiger partial charge in [0.1, 0.15) is 6.04 Å². The lowest BCUT2D eigenvalue weighted by molar-refractivity contribution is -0.129. The number of amides is 2. The number of allylic oxidation sites excluding steroid dienone is 6. The normalized spacial score (nSPS) is 12.3. The van der Waals surface area contributed by atoms with Crippen LogP contribution in [0.2, 0.25) is 0 Å². The van der Waals surface area contributed by atoms with Gasteiger partial charge in [-0.3, -0.25) is 14.6 Å². The molecule has 0 heterocycles. The monoisotopic (exact) mass is 672 g/mol. The van der Waals surface area contributed by atoms with Crippen molar-refractivity contribution in [2.75, 3.05) is 13.1 Å². The summed E-state index contributed by atoms with van der Waals surface area (Å²) in [6.07, 6.45) is 44.9. The second-order valence-electron chi connectivity index (χ2n) is 13.4. The van der Waals surface area contributed by atoms with Gasteiger partial charge in [0.2, 0.25) is 11.8 Å². The molecule has 7 nitrogen and oxygen atoms in total. The first-order chi connectivity index (χ1) is 23.5. The first-order valence-electron chi connectivity index (χ1n) is 20.1. The van der Waals surface area contributed by atoms with Gasteiger partial charge in [-0.2, -0.15) is 0 Å². The van der Waals surface area contributed by atoms with E-state index in [9.17, 15) is 9.59 Å². The number of hydrogen-bond acceptors (Lipinski definition) is 3. The van der Waals surface area contributed by atoms with E-state index in [-0.39, 0.29) is 17.8 Å². The minimum absolute atomic E-state index is 0.00530. The van der Waals surface area contributed by atoms with E-state index in [1.54, 1.807) is 0 Å². The van der Waals surface area contributed by atoms with E-state index in [0.29, 0.717) is 25.9 Å². The maximum Gasteiger partial charge on any atom is 0.242 e. The van der Waals surface area contributed by atoms with Crippen LogP contribution < -0.4 is 22.1 Å². The van der Waals surface area contributed by atoms with Gasteiger partial charge in [0.15, 0.2) is 5.96 Å². The van der Waals surface area contributed by atoms with Crippen molar-refractivity contribution in [2.24, 2.45) is 16.5 Å². The Morgan fingerprint density at radius 1 is 0.583 bits per heavy atom. The highest BCUT2D eigenvalue weighted by Crippen LogP contribution is 2.11. The summed E-state index contributed by atoms with van der Waals surface area (Å²) in [5.41, 5.74) is 10.9. The van der Waals surface area contributed by atoms with Crippen LogP contribution >= 0.6 is 0 Å². The first kappa shape index (κ1) is 45.4. The van der Waals surface area contributed by atoms with Crippen molar-refractivity contribution in [1.29, 1.82) is 0 Å². The minimum atomic E-state index is -0.619. The van der Waals surface area contributed by atoms with Gasteiger partial charge < -0.3 is 22.1 Å². The summed E-state index contributed by atoms with van der Waals surface area (Å²) in [6, 6.07) is -0.619. The van der Waals surface area contributed by atoms with Crippen LogP contribution in [0.5, 0.6) is 0 Å². The Morgan fingerprint density at radius 2 is 1.02 bits per heavy atom. The third kappa shape index (κ3) is 34.8. The molecule has 0 spiro atoms. The molecule has 48 heavy (non-hydrogen) atoms. The highest BCUT2D eigenvalue weighted by Gasteiger charge is 2.20. The summed E-state index contributed by atoms with van der Waals surface area (Å²) < 4.78 is 0. The van der Waals surface area contributed by atoms with Crippen LogP contribution in [-0.4, -0.2) is 36.9 Å². The van der Waals surface area contributed by atoms with Crippen LogP contribution in [0, 0.1) is 0 Å². The van der Waals surface area contributed by atoms with Crippen molar-refractivity contribution >= 4 is 17.8 Å². The van der Waals surface area contributed by atoms with Crippen LogP contribution in [0.4, 0.5) is 0 Å². The van der Waals surface area contributed by atoms with Gasteiger partial charge in [-0.25, -0.2) is 0 Å². The number of rotatable bonds is 35. The van der Waals surface area contributed by atoms with E-state index in [0.717, 1.165) is 44.9 Å². The molecule has 0 aromatic carbocycles. The summed E-state index contributed by atoms with van der Waals surface area (Å²) in [4.78, 5) is 29.5. The molecule has 0 aliphatic rings. The zero-order chi connectivity index (χ0) is 35.2. The van der Waals surface area contributed by atoms with Crippen LogP contribution in [-0.2, 0) is 9.59 Å². The Labute approximate surface area is 296 Å². The fourth-order valence-electron chi connectivity index (χ4n) is 5.66. The van der Waals surface area contributed by atoms with E-state index in [1.807, 2.05) is 0 Å². The van der Waals surface area contributed by atoms with Crippen molar-refractivity contribution < 1.29 is 9.59 Å². The number of aliphatic imine (C=N–C) groups is 1.